The molecule has 3 rings (SSSR count). The molecule has 0 aromatic rings. The quantitative estimate of drug-likeness (QED) is 0.743. The lowest BCUT2D eigenvalue weighted by Gasteiger charge is -2.38. The first-order valence-electron chi connectivity index (χ1n) is 10.3. The van der Waals surface area contributed by atoms with Crippen molar-refractivity contribution in [2.24, 2.45) is 5.92 Å². The average molecular weight is 339 g/mol. The maximum Gasteiger partial charge on any atom is 0.0678 e. The predicted octanol–water partition coefficient (Wildman–Crippen LogP) is 3.16. The number of ether oxygens (including phenoxy) is 2. The third-order valence-electron chi connectivity index (χ3n) is 6.21. The van der Waals surface area contributed by atoms with Gasteiger partial charge in [0.1, 0.15) is 0 Å². The molecule has 2 heterocycles. The molecule has 0 spiro atoms. The van der Waals surface area contributed by atoms with Crippen LogP contribution in [0.4, 0.5) is 0 Å². The summed E-state index contributed by atoms with van der Waals surface area (Å²) in [7, 11) is 0. The van der Waals surface area contributed by atoms with Gasteiger partial charge in [-0.15, -0.1) is 0 Å². The number of hydrogen-bond donors (Lipinski definition) is 0. The number of rotatable bonds is 6. The van der Waals surface area contributed by atoms with Crippen LogP contribution in [0.2, 0.25) is 0 Å². The van der Waals surface area contributed by atoms with Gasteiger partial charge in [-0.05, 0) is 52.0 Å². The van der Waals surface area contributed by atoms with Gasteiger partial charge in [-0.3, -0.25) is 9.80 Å². The monoisotopic (exact) mass is 338 g/mol. The van der Waals surface area contributed by atoms with E-state index in [4.69, 9.17) is 9.47 Å². The second-order valence-corrected chi connectivity index (χ2v) is 8.48. The minimum atomic E-state index is 0.375. The molecule has 1 aliphatic carbocycles. The molecule has 0 radical (unpaired) electrons. The number of morpholine rings is 1. The van der Waals surface area contributed by atoms with Crippen molar-refractivity contribution in [3.8, 4) is 0 Å². The van der Waals surface area contributed by atoms with E-state index in [0.717, 1.165) is 38.2 Å². The summed E-state index contributed by atoms with van der Waals surface area (Å²) in [5.41, 5.74) is 0. The summed E-state index contributed by atoms with van der Waals surface area (Å²) in [5, 5.41) is 0. The maximum absolute atomic E-state index is 6.25. The standard InChI is InChI=1S/C20H38N2O2/c1-16-7-4-5-9-20(16)23-12-11-22-10-6-8-19(22)15-21-13-17(2)24-18(3)14-21/h16-20H,4-15H2,1-3H3/t16-,17+,18+,19-,20+/m0/s1. The molecule has 2 aliphatic heterocycles. The van der Waals surface area contributed by atoms with Crippen molar-refractivity contribution in [1.29, 1.82) is 0 Å². The van der Waals surface area contributed by atoms with E-state index in [2.05, 4.69) is 30.6 Å². The normalized spacial score (nSPS) is 39.4. The van der Waals surface area contributed by atoms with E-state index >= 15 is 0 Å². The van der Waals surface area contributed by atoms with Gasteiger partial charge in [-0.1, -0.05) is 19.8 Å². The van der Waals surface area contributed by atoms with Crippen molar-refractivity contribution < 1.29 is 9.47 Å². The van der Waals surface area contributed by atoms with Gasteiger partial charge in [0.25, 0.3) is 0 Å². The van der Waals surface area contributed by atoms with Gasteiger partial charge in [0.2, 0.25) is 0 Å². The zero-order valence-corrected chi connectivity index (χ0v) is 16.1. The molecule has 4 nitrogen and oxygen atoms in total. The minimum Gasteiger partial charge on any atom is -0.377 e. The highest BCUT2D eigenvalue weighted by Crippen LogP contribution is 2.26. The van der Waals surface area contributed by atoms with Gasteiger partial charge < -0.3 is 9.47 Å². The lowest BCUT2D eigenvalue weighted by Crippen LogP contribution is -2.50. The van der Waals surface area contributed by atoms with Crippen molar-refractivity contribution >= 4 is 0 Å². The molecule has 2 saturated heterocycles. The first-order chi connectivity index (χ1) is 11.6. The van der Waals surface area contributed by atoms with Crippen LogP contribution in [-0.2, 0) is 9.47 Å². The average Bonchev–Trinajstić information content (AvgIpc) is 2.95. The molecule has 0 N–H and O–H groups in total. The van der Waals surface area contributed by atoms with E-state index in [1.54, 1.807) is 0 Å². The molecule has 24 heavy (non-hydrogen) atoms. The molecule has 0 aromatic heterocycles. The Kier molecular flexibility index (Phi) is 6.97. The molecule has 4 heteroatoms. The summed E-state index contributed by atoms with van der Waals surface area (Å²) in [6.45, 7) is 13.4. The first kappa shape index (κ1) is 18.6. The topological polar surface area (TPSA) is 24.9 Å². The molecule has 0 amide bonds. The van der Waals surface area contributed by atoms with E-state index in [-0.39, 0.29) is 0 Å². The zero-order chi connectivity index (χ0) is 16.9. The highest BCUT2D eigenvalue weighted by Gasteiger charge is 2.30. The summed E-state index contributed by atoms with van der Waals surface area (Å²) in [4.78, 5) is 5.30. The van der Waals surface area contributed by atoms with Crippen molar-refractivity contribution in [3.05, 3.63) is 0 Å². The Morgan fingerprint density at radius 1 is 0.958 bits per heavy atom. The van der Waals surface area contributed by atoms with E-state index in [9.17, 15) is 0 Å². The highest BCUT2D eigenvalue weighted by atomic mass is 16.5. The molecular weight excluding hydrogens is 300 g/mol. The van der Waals surface area contributed by atoms with Crippen LogP contribution in [-0.4, -0.2) is 73.5 Å². The van der Waals surface area contributed by atoms with E-state index in [1.165, 1.54) is 51.6 Å². The molecule has 0 bridgehead atoms. The Balaban J connectivity index is 1.40. The molecular formula is C20H38N2O2. The Labute approximate surface area is 148 Å². The van der Waals surface area contributed by atoms with Gasteiger partial charge in [0, 0.05) is 32.2 Å². The lowest BCUT2D eigenvalue weighted by molar-refractivity contribution is -0.0733. The largest absolute Gasteiger partial charge is 0.377 e. The Hall–Kier alpha value is -0.160. The van der Waals surface area contributed by atoms with Crippen LogP contribution >= 0.6 is 0 Å². The SMILES string of the molecule is C[C@@H]1CN(C[C@@H]2CCCN2CCO[C@@H]2CCCC[C@@H]2C)C[C@@H](C)O1. The number of nitrogens with zero attached hydrogens (tertiary/aromatic N) is 2. The Bertz CT molecular complexity index is 369. The second kappa shape index (κ2) is 8.98. The van der Waals surface area contributed by atoms with Gasteiger partial charge in [-0.25, -0.2) is 0 Å². The smallest absolute Gasteiger partial charge is 0.0678 e. The molecule has 140 valence electrons. The predicted molar refractivity (Wildman–Crippen MR) is 98.4 cm³/mol. The Morgan fingerprint density at radius 2 is 1.71 bits per heavy atom. The lowest BCUT2D eigenvalue weighted by atomic mass is 9.88. The molecule has 3 fully saturated rings. The van der Waals surface area contributed by atoms with Crippen LogP contribution in [0.25, 0.3) is 0 Å². The molecule has 0 aromatic carbocycles. The summed E-state index contributed by atoms with van der Waals surface area (Å²) in [6, 6.07) is 0.717. The fraction of sp³-hybridized carbons (Fsp3) is 1.00. The van der Waals surface area contributed by atoms with Crippen LogP contribution in [0.3, 0.4) is 0 Å². The Morgan fingerprint density at radius 3 is 2.46 bits per heavy atom. The summed E-state index contributed by atoms with van der Waals surface area (Å²) < 4.78 is 12.1. The number of likely N-dealkylation sites (tertiary alicyclic amines) is 1. The van der Waals surface area contributed by atoms with E-state index in [1.807, 2.05) is 0 Å². The maximum atomic E-state index is 6.25. The summed E-state index contributed by atoms with van der Waals surface area (Å²) in [6.07, 6.45) is 9.33. The zero-order valence-electron chi connectivity index (χ0n) is 16.1. The van der Waals surface area contributed by atoms with Gasteiger partial charge in [-0.2, -0.15) is 0 Å². The number of hydrogen-bond acceptors (Lipinski definition) is 4. The third-order valence-corrected chi connectivity index (χ3v) is 6.21. The molecule has 0 unspecified atom stereocenters. The van der Waals surface area contributed by atoms with Crippen LogP contribution in [0, 0.1) is 5.92 Å². The summed E-state index contributed by atoms with van der Waals surface area (Å²) in [5.74, 6) is 0.754. The van der Waals surface area contributed by atoms with Crippen LogP contribution in [0.5, 0.6) is 0 Å². The van der Waals surface area contributed by atoms with Gasteiger partial charge >= 0.3 is 0 Å². The highest BCUT2D eigenvalue weighted by molar-refractivity contribution is 4.84. The van der Waals surface area contributed by atoms with Crippen molar-refractivity contribution in [1.82, 2.24) is 9.80 Å². The van der Waals surface area contributed by atoms with Gasteiger partial charge in [0.05, 0.1) is 24.9 Å². The third kappa shape index (κ3) is 5.17. The van der Waals surface area contributed by atoms with Gasteiger partial charge in [0.15, 0.2) is 0 Å². The second-order valence-electron chi connectivity index (χ2n) is 8.48. The molecule has 5 atom stereocenters. The van der Waals surface area contributed by atoms with Crippen molar-refractivity contribution in [2.45, 2.75) is 83.6 Å². The molecule has 1 saturated carbocycles. The van der Waals surface area contributed by atoms with E-state index in [0.29, 0.717) is 18.3 Å². The van der Waals surface area contributed by atoms with Crippen LogP contribution < -0.4 is 0 Å². The molecule has 3 aliphatic rings. The minimum absolute atomic E-state index is 0.375. The summed E-state index contributed by atoms with van der Waals surface area (Å²) >= 11 is 0. The van der Waals surface area contributed by atoms with Crippen LogP contribution in [0.1, 0.15) is 59.3 Å². The van der Waals surface area contributed by atoms with Crippen molar-refractivity contribution in [3.63, 3.8) is 0 Å². The van der Waals surface area contributed by atoms with Crippen LogP contribution in [0.15, 0.2) is 0 Å². The first-order valence-corrected chi connectivity index (χ1v) is 10.3. The fourth-order valence-corrected chi connectivity index (χ4v) is 4.98. The fourth-order valence-electron chi connectivity index (χ4n) is 4.98. The van der Waals surface area contributed by atoms with E-state index < -0.39 is 0 Å². The van der Waals surface area contributed by atoms with Crippen molar-refractivity contribution in [2.75, 3.05) is 39.3 Å².